The molecule has 142 heavy (non-hydrogen) atoms. The van der Waals surface area contributed by atoms with Crippen LogP contribution in [0.15, 0.2) is 310 Å². The maximum absolute atomic E-state index is 13.9. The van der Waals surface area contributed by atoms with Crippen molar-refractivity contribution in [1.82, 2.24) is 19.9 Å². The number of aromatic nitrogens is 4. The van der Waals surface area contributed by atoms with Crippen LogP contribution in [0.3, 0.4) is 0 Å². The van der Waals surface area contributed by atoms with Crippen LogP contribution in [0.2, 0.25) is 30.1 Å². The highest BCUT2D eigenvalue weighted by molar-refractivity contribution is 6.34. The third kappa shape index (κ3) is 19.0. The zero-order valence-corrected chi connectivity index (χ0v) is 88.8. The van der Waals surface area contributed by atoms with Crippen molar-refractivity contribution in [3.8, 4) is 0 Å². The topological polar surface area (TPSA) is 153 Å². The Balaban J connectivity index is 0.000000128. The van der Waals surface area contributed by atoms with Crippen molar-refractivity contribution in [3.05, 3.63) is 446 Å². The molecular weight excluding hydrogens is 1880 g/mol. The number of amides is 5. The number of benzene rings is 11. The van der Waals surface area contributed by atoms with Gasteiger partial charge in [-0.15, -0.1) is 0 Å². The lowest BCUT2D eigenvalue weighted by atomic mass is 9.76. The van der Waals surface area contributed by atoms with Gasteiger partial charge < -0.3 is 0 Å². The number of carbonyl (C=O) groups excluding carboxylic acids is 5. The second kappa shape index (κ2) is 38.8. The average Bonchev–Trinajstić information content (AvgIpc) is 1.58. The van der Waals surface area contributed by atoms with E-state index in [0.29, 0.717) is 41.8 Å². The maximum Gasteiger partial charge on any atom is 0.247 e. The van der Waals surface area contributed by atoms with Crippen LogP contribution >= 0.6 is 69.6 Å². The number of anilines is 10. The van der Waals surface area contributed by atoms with Crippen molar-refractivity contribution in [1.29, 1.82) is 0 Å². The van der Waals surface area contributed by atoms with E-state index in [1.165, 1.54) is 22.3 Å². The molecule has 5 aliphatic heterocycles. The van der Waals surface area contributed by atoms with Crippen molar-refractivity contribution >= 4 is 156 Å². The fourth-order valence-electron chi connectivity index (χ4n) is 19.8. The summed E-state index contributed by atoms with van der Waals surface area (Å²) < 4.78 is 0. The minimum atomic E-state index is -0.831. The minimum absolute atomic E-state index is 0.00249. The third-order valence-corrected chi connectivity index (χ3v) is 29.8. The van der Waals surface area contributed by atoms with Crippen molar-refractivity contribution in [2.24, 2.45) is 0 Å². The van der Waals surface area contributed by atoms with E-state index in [4.69, 9.17) is 69.6 Å². The van der Waals surface area contributed by atoms with E-state index in [1.807, 2.05) is 257 Å². The lowest BCUT2D eigenvalue weighted by molar-refractivity contribution is -0.121. The van der Waals surface area contributed by atoms with E-state index >= 15 is 0 Å². The number of hydrogen-bond acceptors (Lipinski definition) is 9. The summed E-state index contributed by atoms with van der Waals surface area (Å²) in [5.74, 6) is 1.26. The molecule has 20 heteroatoms. The smallest absolute Gasteiger partial charge is 0.247 e. The van der Waals surface area contributed by atoms with Crippen molar-refractivity contribution in [2.75, 3.05) is 24.5 Å². The van der Waals surface area contributed by atoms with E-state index in [-0.39, 0.29) is 51.2 Å². The molecule has 722 valence electrons. The summed E-state index contributed by atoms with van der Waals surface area (Å²) in [5, 5.41) is 3.74. The van der Waals surface area contributed by atoms with Crippen LogP contribution in [0.25, 0.3) is 0 Å². The van der Waals surface area contributed by atoms with Gasteiger partial charge in [-0.1, -0.05) is 280 Å². The van der Waals surface area contributed by atoms with Crippen LogP contribution in [0, 0.1) is 34.6 Å². The van der Waals surface area contributed by atoms with Gasteiger partial charge in [0.15, 0.2) is 0 Å². The third-order valence-electron chi connectivity index (χ3n) is 28.3. The van der Waals surface area contributed by atoms with Gasteiger partial charge in [0.25, 0.3) is 0 Å². The van der Waals surface area contributed by atoms with Crippen LogP contribution < -0.4 is 24.5 Å². The molecule has 0 saturated carbocycles. The quantitative estimate of drug-likeness (QED) is 0.130. The lowest BCUT2D eigenvalue weighted by Gasteiger charge is -2.27. The van der Waals surface area contributed by atoms with Gasteiger partial charge in [-0.05, 0) is 343 Å². The second-order valence-electron chi connectivity index (χ2n) is 42.5. The molecule has 5 aliphatic rings. The Hall–Kier alpha value is -12.9. The van der Waals surface area contributed by atoms with Crippen molar-refractivity contribution < 1.29 is 24.0 Å². The molecule has 11 aromatic carbocycles. The van der Waals surface area contributed by atoms with Gasteiger partial charge in [0, 0.05) is 65.8 Å². The SMILES string of the molecule is Cc1cc(N2C(=O)C(C)(c3ccc(C(C)(C)C)cc3)c3cc(Cl)ccc32)ccn1.Cc1cccc(N2C(=O)C(C)(c3ccc(C(C)(C)C)cc3)c3cc(Cl)ccc32)n1.Cc1cccc(N2C(=O)C(C)(c3ccc(Cl)cc3)c3cc(Cl)ccc32)c1.Cc1ccnc(N2C(=O)C(C)(c3ccc(C(C)(C)C)cc3)c3cc(Cl)ccc32)c1.Cc1cncc(N2C(=O)C(C)(c3ccc(C(C)(C)C)cc3)c3cc(Cl)ccc32)c1. The summed E-state index contributed by atoms with van der Waals surface area (Å²) in [7, 11) is 0. The zero-order chi connectivity index (χ0) is 102. The van der Waals surface area contributed by atoms with Gasteiger partial charge in [0.05, 0.1) is 73.1 Å². The Bertz CT molecular complexity index is 6740. The Morgan fingerprint density at radius 2 is 0.535 bits per heavy atom. The molecule has 0 aliphatic carbocycles. The molecule has 0 bridgehead atoms. The highest BCUT2D eigenvalue weighted by Gasteiger charge is 2.55. The molecule has 15 aromatic rings. The van der Waals surface area contributed by atoms with E-state index in [9.17, 15) is 24.0 Å². The van der Waals surface area contributed by atoms with Crippen molar-refractivity contribution in [3.63, 3.8) is 0 Å². The number of hydrogen-bond donors (Lipinski definition) is 0. The zero-order valence-electron chi connectivity index (χ0n) is 84.3. The Morgan fingerprint density at radius 1 is 0.246 bits per heavy atom. The van der Waals surface area contributed by atoms with Crippen LogP contribution in [-0.4, -0.2) is 49.5 Å². The molecule has 0 radical (unpaired) electrons. The molecule has 0 saturated heterocycles. The molecule has 0 spiro atoms. The molecule has 5 amide bonds. The first-order valence-corrected chi connectivity index (χ1v) is 49.9. The average molecular weight is 2000 g/mol. The normalized spacial score (nSPS) is 18.8. The number of pyridine rings is 4. The number of fused-ring (bicyclic) bond motifs is 5. The number of carbonyl (C=O) groups is 5. The predicted octanol–water partition coefficient (Wildman–Crippen LogP) is 31.6. The lowest BCUT2D eigenvalue weighted by Crippen LogP contribution is -2.37. The molecule has 9 heterocycles. The fourth-order valence-corrected chi connectivity index (χ4v) is 20.8. The first-order valence-electron chi connectivity index (χ1n) is 47.6. The summed E-state index contributed by atoms with van der Waals surface area (Å²) in [6.07, 6.45) is 7.00. The van der Waals surface area contributed by atoms with E-state index in [0.717, 1.165) is 129 Å². The number of aryl methyl sites for hydroxylation is 5. The fraction of sp³-hybridized carbons (Fsp3) is 0.254. The molecule has 20 rings (SSSR count). The van der Waals surface area contributed by atoms with E-state index < -0.39 is 27.1 Å². The standard InChI is InChI=1S/4C25H25ClN2O.C22H17Cl2NO/c1-16-12-20(15-27-14-16)28-22-11-10-19(26)13-21(22)25(5,23(28)29)18-8-6-17(7-9-18)24(2,3)4;1-16-14-20(12-13-27-16)28-22-11-10-19(26)15-21(22)25(5,23(28)29)18-8-6-17(7-9-18)24(2,3)4;1-16-12-13-27-22(14-16)28-21-11-10-19(26)15-20(21)25(5,23(28)29)18-8-6-17(7-9-18)24(2,3)4;1-16-7-6-8-22(27-16)28-21-14-13-19(26)15-20(21)25(5,23(28)29)18-11-9-17(10-12-18)24(2,3)4;1-14-4-3-5-18(12-14)25-20-11-10-17(24)13-19(20)22(2,21(25)26)15-6-8-16(23)9-7-15/h4*6-15H,1-5H3;3-13H,1-2H3. The highest BCUT2D eigenvalue weighted by Crippen LogP contribution is 2.57. The predicted molar refractivity (Wildman–Crippen MR) is 584 cm³/mol. The molecule has 4 aromatic heterocycles. The Labute approximate surface area is 865 Å². The first-order chi connectivity index (χ1) is 66.9. The molecule has 0 fully saturated rings. The second-order valence-corrected chi connectivity index (χ2v) is 45.1. The molecule has 5 atom stereocenters. The minimum Gasteiger partial charge on any atom is -0.280 e. The monoisotopic (exact) mass is 2000 g/mol. The summed E-state index contributed by atoms with van der Waals surface area (Å²) >= 11 is 37.7. The molecular formula is C122H117Cl6N9O5. The highest BCUT2D eigenvalue weighted by atomic mass is 35.5. The first kappa shape index (κ1) is 102. The molecule has 5 unspecified atom stereocenters. The van der Waals surface area contributed by atoms with Gasteiger partial charge in [0.1, 0.15) is 11.6 Å². The molecule has 14 nitrogen and oxygen atoms in total. The van der Waals surface area contributed by atoms with Gasteiger partial charge in [0.2, 0.25) is 29.5 Å². The number of halogens is 6. The number of nitrogens with zero attached hydrogens (tertiary/aromatic N) is 9. The van der Waals surface area contributed by atoms with Gasteiger partial charge in [-0.25, -0.2) is 9.97 Å². The summed E-state index contributed by atoms with van der Waals surface area (Å²) in [6.45, 7) is 46.0. The van der Waals surface area contributed by atoms with Crippen LogP contribution in [0.5, 0.6) is 0 Å². The van der Waals surface area contributed by atoms with Crippen LogP contribution in [0.4, 0.5) is 57.1 Å². The van der Waals surface area contributed by atoms with E-state index in [2.05, 4.69) is 200 Å². The van der Waals surface area contributed by atoms with Crippen LogP contribution in [0.1, 0.15) is 224 Å². The Kier molecular flexibility index (Phi) is 27.8. The summed E-state index contributed by atoms with van der Waals surface area (Å²) in [5.41, 5.74) is 21.9. The van der Waals surface area contributed by atoms with Gasteiger partial charge in [-0.2, -0.15) is 0 Å². The molecule has 0 N–H and O–H groups in total. The summed E-state index contributed by atoms with van der Waals surface area (Å²) in [4.78, 5) is 95.4. The van der Waals surface area contributed by atoms with Crippen LogP contribution in [-0.2, 0) is 72.7 Å². The van der Waals surface area contributed by atoms with Gasteiger partial charge >= 0.3 is 0 Å². The maximum atomic E-state index is 13.9. The Morgan fingerprint density at radius 3 is 0.859 bits per heavy atom. The number of rotatable bonds is 10. The van der Waals surface area contributed by atoms with Crippen molar-refractivity contribution in [2.45, 2.75) is 201 Å². The summed E-state index contributed by atoms with van der Waals surface area (Å²) in [6, 6.07) is 92.5. The largest absolute Gasteiger partial charge is 0.280 e. The van der Waals surface area contributed by atoms with E-state index in [1.54, 1.807) is 49.3 Å². The van der Waals surface area contributed by atoms with Gasteiger partial charge in [-0.3, -0.25) is 58.4 Å².